The molecule has 4 aliphatic rings. The molecule has 0 amide bonds. The van der Waals surface area contributed by atoms with Gasteiger partial charge in [0.1, 0.15) is 11.7 Å². The van der Waals surface area contributed by atoms with Crippen LogP contribution < -0.4 is 0 Å². The second kappa shape index (κ2) is 2.18. The maximum Gasteiger partial charge on any atom is 0.129 e. The molecule has 4 rings (SSSR count). The third-order valence-corrected chi connectivity index (χ3v) is 4.79. The van der Waals surface area contributed by atoms with Gasteiger partial charge < -0.3 is 14.6 Å². The Morgan fingerprint density at radius 3 is 3.07 bits per heavy atom. The number of rotatable bonds is 0. The predicted molar refractivity (Wildman–Crippen MR) is 48.9 cm³/mol. The largest absolute Gasteiger partial charge is 0.387 e. The first kappa shape index (κ1) is 8.08. The number of ether oxygens (including phenoxy) is 2. The van der Waals surface area contributed by atoms with Gasteiger partial charge in [0.2, 0.25) is 0 Å². The highest BCUT2D eigenvalue weighted by molar-refractivity contribution is 5.32. The van der Waals surface area contributed by atoms with E-state index >= 15 is 0 Å². The molecule has 2 saturated heterocycles. The summed E-state index contributed by atoms with van der Waals surface area (Å²) in [7, 11) is 0. The number of epoxide rings is 1. The normalized spacial score (nSPS) is 64.5. The first-order chi connectivity index (χ1) is 6.78. The molecule has 2 aliphatic heterocycles. The molecular weight excluding hydrogens is 180 g/mol. The van der Waals surface area contributed by atoms with Gasteiger partial charge in [-0.15, -0.1) is 0 Å². The fourth-order valence-corrected chi connectivity index (χ4v) is 4.19. The third-order valence-electron chi connectivity index (χ3n) is 4.79. The van der Waals surface area contributed by atoms with Crippen LogP contribution in [0.3, 0.4) is 0 Å². The van der Waals surface area contributed by atoms with Crippen LogP contribution in [0.1, 0.15) is 32.1 Å². The van der Waals surface area contributed by atoms with Crippen molar-refractivity contribution in [3.8, 4) is 0 Å². The van der Waals surface area contributed by atoms with E-state index in [2.05, 4.69) is 0 Å². The summed E-state index contributed by atoms with van der Waals surface area (Å²) in [4.78, 5) is 0. The van der Waals surface area contributed by atoms with Crippen LogP contribution in [-0.4, -0.2) is 35.1 Å². The Kier molecular flexibility index (Phi) is 1.26. The molecule has 0 radical (unpaired) electrons. The molecular formula is C11H16O3. The topological polar surface area (TPSA) is 42.0 Å². The van der Waals surface area contributed by atoms with Gasteiger partial charge in [-0.25, -0.2) is 0 Å². The van der Waals surface area contributed by atoms with Gasteiger partial charge in [-0.05, 0) is 19.3 Å². The average molecular weight is 196 g/mol. The lowest BCUT2D eigenvalue weighted by Crippen LogP contribution is -2.75. The molecule has 78 valence electrons. The van der Waals surface area contributed by atoms with Crippen LogP contribution in [-0.2, 0) is 9.47 Å². The molecule has 2 heterocycles. The maximum atomic E-state index is 10.5. The van der Waals surface area contributed by atoms with Crippen LogP contribution in [0.2, 0.25) is 0 Å². The van der Waals surface area contributed by atoms with Crippen LogP contribution in [0.4, 0.5) is 0 Å². The molecule has 3 heteroatoms. The summed E-state index contributed by atoms with van der Waals surface area (Å²) in [5.74, 6) is 0.374. The van der Waals surface area contributed by atoms with Crippen LogP contribution in [0.5, 0.6) is 0 Å². The van der Waals surface area contributed by atoms with Gasteiger partial charge in [-0.2, -0.15) is 0 Å². The van der Waals surface area contributed by atoms with Gasteiger partial charge in [0.05, 0.1) is 11.7 Å². The first-order valence-electron chi connectivity index (χ1n) is 5.80. The Morgan fingerprint density at radius 1 is 1.21 bits per heavy atom. The summed E-state index contributed by atoms with van der Waals surface area (Å²) in [5.41, 5.74) is -0.569. The Balaban J connectivity index is 1.72. The fraction of sp³-hybridized carbons (Fsp3) is 1.00. The van der Waals surface area contributed by atoms with Gasteiger partial charge >= 0.3 is 0 Å². The second-order valence-electron chi connectivity index (χ2n) is 5.29. The minimum absolute atomic E-state index is 0.000880. The zero-order valence-corrected chi connectivity index (χ0v) is 8.24. The molecule has 3 nitrogen and oxygen atoms in total. The SMILES string of the molecule is O[C@]12CCCC[C@H]1[C@@]13O[C@@H]1CCO[C@@H]23. The highest BCUT2D eigenvalue weighted by Crippen LogP contribution is 2.68. The van der Waals surface area contributed by atoms with E-state index in [9.17, 15) is 5.11 Å². The van der Waals surface area contributed by atoms with Crippen LogP contribution >= 0.6 is 0 Å². The molecule has 0 unspecified atom stereocenters. The smallest absolute Gasteiger partial charge is 0.129 e. The molecule has 5 atom stereocenters. The van der Waals surface area contributed by atoms with Crippen molar-refractivity contribution in [3.05, 3.63) is 0 Å². The number of fused-ring (bicyclic) bond motifs is 2. The summed E-state index contributed by atoms with van der Waals surface area (Å²) < 4.78 is 11.5. The lowest BCUT2D eigenvalue weighted by molar-refractivity contribution is -0.279. The molecule has 2 aliphatic carbocycles. The molecule has 1 N–H and O–H groups in total. The van der Waals surface area contributed by atoms with Crippen LogP contribution in [0.25, 0.3) is 0 Å². The van der Waals surface area contributed by atoms with E-state index in [1.54, 1.807) is 0 Å². The van der Waals surface area contributed by atoms with E-state index < -0.39 is 5.60 Å². The zero-order valence-electron chi connectivity index (χ0n) is 8.24. The lowest BCUT2D eigenvalue weighted by atomic mass is 9.51. The van der Waals surface area contributed by atoms with Gasteiger partial charge in [-0.1, -0.05) is 12.8 Å². The van der Waals surface area contributed by atoms with Crippen molar-refractivity contribution in [2.24, 2.45) is 5.92 Å². The molecule has 0 bridgehead atoms. The monoisotopic (exact) mass is 196 g/mol. The average Bonchev–Trinajstić information content (AvgIpc) is 2.92. The third kappa shape index (κ3) is 0.640. The van der Waals surface area contributed by atoms with Gasteiger partial charge in [-0.3, -0.25) is 0 Å². The Morgan fingerprint density at radius 2 is 2.14 bits per heavy atom. The Bertz CT molecular complexity index is 272. The molecule has 14 heavy (non-hydrogen) atoms. The van der Waals surface area contributed by atoms with Crippen molar-refractivity contribution < 1.29 is 14.6 Å². The molecule has 4 fully saturated rings. The van der Waals surface area contributed by atoms with E-state index in [1.165, 1.54) is 6.42 Å². The minimum atomic E-state index is -0.534. The van der Waals surface area contributed by atoms with Gasteiger partial charge in [0.25, 0.3) is 0 Å². The van der Waals surface area contributed by atoms with Gasteiger partial charge in [0.15, 0.2) is 0 Å². The highest BCUT2D eigenvalue weighted by atomic mass is 16.7. The highest BCUT2D eigenvalue weighted by Gasteiger charge is 2.83. The second-order valence-corrected chi connectivity index (χ2v) is 5.29. The molecule has 1 spiro atoms. The van der Waals surface area contributed by atoms with E-state index in [4.69, 9.17) is 9.47 Å². The quantitative estimate of drug-likeness (QED) is 0.584. The zero-order chi connectivity index (χ0) is 9.39. The standard InChI is InChI=1S/C11H16O3/c12-10-5-2-1-3-7(10)11-8(14-11)4-6-13-9(10)11/h7-9,12H,1-6H2/t7-,8-,9+,10-,11-/m1/s1. The van der Waals surface area contributed by atoms with E-state index in [0.29, 0.717) is 12.0 Å². The molecule has 2 saturated carbocycles. The Hall–Kier alpha value is -0.120. The summed E-state index contributed by atoms with van der Waals surface area (Å²) >= 11 is 0. The first-order valence-corrected chi connectivity index (χ1v) is 5.80. The lowest BCUT2D eigenvalue weighted by Gasteiger charge is -2.60. The summed E-state index contributed by atoms with van der Waals surface area (Å²) in [6.45, 7) is 0.770. The molecule has 0 aromatic heterocycles. The van der Waals surface area contributed by atoms with Gasteiger partial charge in [0, 0.05) is 12.5 Å². The van der Waals surface area contributed by atoms with Crippen molar-refractivity contribution in [1.82, 2.24) is 0 Å². The fourth-order valence-electron chi connectivity index (χ4n) is 4.19. The Labute approximate surface area is 83.4 Å². The van der Waals surface area contributed by atoms with E-state index in [0.717, 1.165) is 32.3 Å². The van der Waals surface area contributed by atoms with Crippen molar-refractivity contribution >= 4 is 0 Å². The van der Waals surface area contributed by atoms with Crippen LogP contribution in [0, 0.1) is 5.92 Å². The number of hydrogen-bond donors (Lipinski definition) is 1. The predicted octanol–water partition coefficient (Wildman–Crippen LogP) is 0.848. The maximum absolute atomic E-state index is 10.5. The summed E-state index contributed by atoms with van der Waals surface area (Å²) in [5, 5.41) is 10.5. The van der Waals surface area contributed by atoms with Crippen molar-refractivity contribution in [1.29, 1.82) is 0 Å². The number of aliphatic hydroxyl groups is 1. The molecule has 0 aromatic carbocycles. The summed E-state index contributed by atoms with van der Waals surface area (Å²) in [6, 6.07) is 0. The van der Waals surface area contributed by atoms with Crippen molar-refractivity contribution in [3.63, 3.8) is 0 Å². The van der Waals surface area contributed by atoms with Crippen molar-refractivity contribution in [2.75, 3.05) is 6.61 Å². The van der Waals surface area contributed by atoms with E-state index in [1.807, 2.05) is 0 Å². The van der Waals surface area contributed by atoms with Crippen LogP contribution in [0.15, 0.2) is 0 Å². The molecule has 0 aromatic rings. The summed E-state index contributed by atoms with van der Waals surface area (Å²) in [6.07, 6.45) is 5.88. The van der Waals surface area contributed by atoms with Crippen molar-refractivity contribution in [2.45, 2.75) is 55.5 Å². The van der Waals surface area contributed by atoms with E-state index in [-0.39, 0.29) is 11.7 Å². The minimum Gasteiger partial charge on any atom is -0.387 e. The number of hydrogen-bond acceptors (Lipinski definition) is 3.